The van der Waals surface area contributed by atoms with Crippen molar-refractivity contribution in [3.63, 3.8) is 0 Å². The minimum atomic E-state index is -1.71. The maximum atomic E-state index is 14.0. The molecule has 24 nitrogen and oxygen atoms in total. The van der Waals surface area contributed by atoms with E-state index in [2.05, 4.69) is 31.9 Å². The molecular formula is C43H65N9O15. The Hall–Kier alpha value is -6.85. The number of rotatable bonds is 29. The number of benzene rings is 1. The highest BCUT2D eigenvalue weighted by Gasteiger charge is 2.41. The fraction of sp³-hybridized carbons (Fsp3) is 0.605. The molecule has 1 aromatic carbocycles. The van der Waals surface area contributed by atoms with Gasteiger partial charge in [0.15, 0.2) is 0 Å². The summed E-state index contributed by atoms with van der Waals surface area (Å²) >= 11 is 0. The molecule has 1 fully saturated rings. The summed E-state index contributed by atoms with van der Waals surface area (Å²) in [5.41, 5.74) is 11.6. The van der Waals surface area contributed by atoms with Gasteiger partial charge in [0, 0.05) is 32.2 Å². The Morgan fingerprint density at radius 1 is 0.716 bits per heavy atom. The van der Waals surface area contributed by atoms with Gasteiger partial charge in [0.1, 0.15) is 42.0 Å². The lowest BCUT2D eigenvalue weighted by Gasteiger charge is -2.32. The average molecular weight is 948 g/mol. The van der Waals surface area contributed by atoms with Crippen LogP contribution in [0.3, 0.4) is 0 Å². The number of nitrogens with two attached hydrogens (primary N) is 2. The van der Waals surface area contributed by atoms with Crippen LogP contribution in [0.15, 0.2) is 24.3 Å². The first-order chi connectivity index (χ1) is 31.4. The van der Waals surface area contributed by atoms with E-state index >= 15 is 0 Å². The van der Waals surface area contributed by atoms with Gasteiger partial charge >= 0.3 is 17.9 Å². The number of phenols is 1. The van der Waals surface area contributed by atoms with Gasteiger partial charge < -0.3 is 68.7 Å². The molecule has 24 heteroatoms. The predicted molar refractivity (Wildman–Crippen MR) is 236 cm³/mol. The highest BCUT2D eigenvalue weighted by atomic mass is 16.4. The molecule has 1 heterocycles. The quantitative estimate of drug-likeness (QED) is 0.0412. The smallest absolute Gasteiger partial charge is 0.326 e. The molecular weight excluding hydrogens is 883 g/mol. The van der Waals surface area contributed by atoms with Crippen molar-refractivity contribution >= 4 is 65.2 Å². The van der Waals surface area contributed by atoms with Crippen LogP contribution in [0.5, 0.6) is 5.75 Å². The minimum Gasteiger partial charge on any atom is -0.508 e. The fourth-order valence-corrected chi connectivity index (χ4v) is 7.08. The largest absolute Gasteiger partial charge is 0.508 e. The number of carbonyl (C=O) groups excluding carboxylic acids is 8. The molecule has 0 unspecified atom stereocenters. The molecule has 0 aromatic heterocycles. The Kier molecular flexibility index (Phi) is 23.2. The van der Waals surface area contributed by atoms with E-state index in [0.717, 1.165) is 0 Å². The zero-order valence-electron chi connectivity index (χ0n) is 38.1. The maximum absolute atomic E-state index is 14.0. The summed E-state index contributed by atoms with van der Waals surface area (Å²) in [6.07, 6.45) is -2.51. The van der Waals surface area contributed by atoms with E-state index in [1.807, 2.05) is 13.8 Å². The molecule has 2 rings (SSSR count). The second-order valence-corrected chi connectivity index (χ2v) is 16.9. The van der Waals surface area contributed by atoms with Crippen LogP contribution in [0.1, 0.15) is 97.5 Å². The molecule has 1 aliphatic rings. The number of aliphatic carboxylic acids is 3. The van der Waals surface area contributed by atoms with Crippen molar-refractivity contribution in [2.75, 3.05) is 13.1 Å². The topological polar surface area (TPSA) is 396 Å². The first-order valence-corrected chi connectivity index (χ1v) is 22.0. The molecule has 67 heavy (non-hydrogen) atoms. The fourth-order valence-electron chi connectivity index (χ4n) is 7.08. The van der Waals surface area contributed by atoms with Crippen molar-refractivity contribution in [3.8, 4) is 5.75 Å². The van der Waals surface area contributed by atoms with Gasteiger partial charge in [-0.2, -0.15) is 0 Å². The molecule has 1 saturated heterocycles. The summed E-state index contributed by atoms with van der Waals surface area (Å²) in [6.45, 7) is 6.84. The van der Waals surface area contributed by atoms with Crippen molar-refractivity contribution in [2.45, 2.75) is 141 Å². The average Bonchev–Trinajstić information content (AvgIpc) is 3.76. The number of carbonyl (C=O) groups is 11. The van der Waals surface area contributed by atoms with Crippen LogP contribution in [0.4, 0.5) is 0 Å². The number of carboxylic acid groups (broad SMARTS) is 3. The van der Waals surface area contributed by atoms with Crippen LogP contribution in [-0.2, 0) is 59.2 Å². The number of aromatic hydroxyl groups is 1. The maximum Gasteiger partial charge on any atom is 0.326 e. The summed E-state index contributed by atoms with van der Waals surface area (Å²) in [6, 6.07) is -4.46. The van der Waals surface area contributed by atoms with E-state index in [1.165, 1.54) is 29.2 Å². The summed E-state index contributed by atoms with van der Waals surface area (Å²) in [5, 5.41) is 52.7. The predicted octanol–water partition coefficient (Wildman–Crippen LogP) is -2.03. The third-order valence-electron chi connectivity index (χ3n) is 11.0. The van der Waals surface area contributed by atoms with Crippen molar-refractivity contribution < 1.29 is 73.2 Å². The number of likely N-dealkylation sites (tertiary alicyclic amines) is 1. The van der Waals surface area contributed by atoms with Gasteiger partial charge in [-0.3, -0.25) is 47.9 Å². The Bertz CT molecular complexity index is 1950. The van der Waals surface area contributed by atoms with E-state index in [4.69, 9.17) is 11.5 Å². The van der Waals surface area contributed by atoms with Crippen molar-refractivity contribution in [1.29, 1.82) is 0 Å². The molecule has 14 N–H and O–H groups in total. The number of hydrogen-bond acceptors (Lipinski definition) is 13. The van der Waals surface area contributed by atoms with Gasteiger partial charge in [-0.25, -0.2) is 4.79 Å². The number of primary amides is 1. The first-order valence-electron chi connectivity index (χ1n) is 22.0. The molecule has 8 amide bonds. The van der Waals surface area contributed by atoms with Crippen LogP contribution >= 0.6 is 0 Å². The third-order valence-corrected chi connectivity index (χ3v) is 11.0. The van der Waals surface area contributed by atoms with Crippen molar-refractivity contribution in [2.24, 2.45) is 23.3 Å². The minimum absolute atomic E-state index is 0.0719. The van der Waals surface area contributed by atoms with E-state index in [9.17, 15) is 73.2 Å². The van der Waals surface area contributed by atoms with Crippen LogP contribution in [-0.4, -0.2) is 146 Å². The Balaban J connectivity index is 2.32. The van der Waals surface area contributed by atoms with Crippen LogP contribution in [0, 0.1) is 11.8 Å². The molecule has 0 aliphatic carbocycles. The number of nitrogens with zero attached hydrogens (tertiary/aromatic N) is 1. The third kappa shape index (κ3) is 19.7. The second-order valence-electron chi connectivity index (χ2n) is 16.9. The molecule has 0 spiro atoms. The number of carboxylic acids is 3. The molecule has 0 bridgehead atoms. The lowest BCUT2D eigenvalue weighted by Crippen LogP contribution is -2.60. The molecule has 8 atom stereocenters. The lowest BCUT2D eigenvalue weighted by atomic mass is 9.97. The highest BCUT2D eigenvalue weighted by Crippen LogP contribution is 2.22. The van der Waals surface area contributed by atoms with Crippen molar-refractivity contribution in [3.05, 3.63) is 29.8 Å². The number of nitrogens with one attached hydrogen (secondary N) is 6. The number of phenolic OH excluding ortho intramolecular Hbond substituents is 1. The standard InChI is InChI=1S/C43H65N9O15/c1-5-23(4)36(51-33(55)21-46-37(60)26(44)19-22(2)3)42(65)52-18-6-7-31(52)41(64)49-29(14-17-35(58)59)39(62)47-27(12-15-32(45)54)38(61)48-28(13-16-34(56)57)40(63)50-30(43(66)67)20-24-8-10-25(53)11-9-24/h8-11,22-23,26-31,36,53H,5-7,12-21,44H2,1-4H3,(H2,45,54)(H,46,60)(H,47,62)(H,48,61)(H,49,64)(H,50,63)(H,51,55)(H,56,57)(H,58,59)(H,66,67)/t23-,26-,27-,28-,29-,30-,31-,36-/m0/s1. The van der Waals surface area contributed by atoms with E-state index < -0.39 is 158 Å². The summed E-state index contributed by atoms with van der Waals surface area (Å²) < 4.78 is 0. The first kappa shape index (κ1) is 56.3. The van der Waals surface area contributed by atoms with Gasteiger partial charge in [0.25, 0.3) is 0 Å². The number of amides is 8. The normalized spacial score (nSPS) is 16.4. The van der Waals surface area contributed by atoms with Crippen LogP contribution in [0.2, 0.25) is 0 Å². The SMILES string of the molecule is CC[C@H](C)[C@H](NC(=O)CNC(=O)[C@@H](N)CC(C)C)C(=O)N1CCC[C@H]1C(=O)N[C@@H](CCC(=O)O)C(=O)N[C@@H](CCC(N)=O)C(=O)N[C@@H](CCC(=O)O)C(=O)N[C@@H](Cc1ccc(O)cc1)C(=O)O. The van der Waals surface area contributed by atoms with Crippen molar-refractivity contribution in [1.82, 2.24) is 36.8 Å². The summed E-state index contributed by atoms with van der Waals surface area (Å²) in [5.74, 6) is -11.7. The number of hydrogen-bond donors (Lipinski definition) is 12. The monoisotopic (exact) mass is 947 g/mol. The van der Waals surface area contributed by atoms with Gasteiger partial charge in [0.05, 0.1) is 12.6 Å². The van der Waals surface area contributed by atoms with E-state index in [-0.39, 0.29) is 31.1 Å². The molecule has 0 saturated carbocycles. The van der Waals surface area contributed by atoms with Gasteiger partial charge in [-0.05, 0) is 68.1 Å². The second kappa shape index (κ2) is 27.6. The van der Waals surface area contributed by atoms with Gasteiger partial charge in [-0.15, -0.1) is 0 Å². The summed E-state index contributed by atoms with van der Waals surface area (Å²) in [4.78, 5) is 143. The molecule has 372 valence electrons. The van der Waals surface area contributed by atoms with Gasteiger partial charge in [-0.1, -0.05) is 46.2 Å². The molecule has 1 aliphatic heterocycles. The zero-order chi connectivity index (χ0) is 50.5. The zero-order valence-corrected chi connectivity index (χ0v) is 38.1. The van der Waals surface area contributed by atoms with Gasteiger partial charge in [0.2, 0.25) is 47.3 Å². The highest BCUT2D eigenvalue weighted by molar-refractivity contribution is 5.98. The summed E-state index contributed by atoms with van der Waals surface area (Å²) in [7, 11) is 0. The molecule has 0 radical (unpaired) electrons. The Morgan fingerprint density at radius 3 is 1.70 bits per heavy atom. The van der Waals surface area contributed by atoms with E-state index in [0.29, 0.717) is 24.8 Å². The molecule has 1 aromatic rings. The van der Waals surface area contributed by atoms with Crippen LogP contribution in [0.25, 0.3) is 0 Å². The Morgan fingerprint density at radius 2 is 1.22 bits per heavy atom. The van der Waals surface area contributed by atoms with E-state index in [1.54, 1.807) is 13.8 Å². The lowest BCUT2D eigenvalue weighted by molar-refractivity contribution is -0.143. The Labute approximate surface area is 387 Å². The van der Waals surface area contributed by atoms with Crippen LogP contribution < -0.4 is 43.4 Å².